The first-order valence-electron chi connectivity index (χ1n) is 12.4. The molecule has 1 unspecified atom stereocenters. The Bertz CT molecular complexity index is 906. The molecule has 172 valence electrons. The summed E-state index contributed by atoms with van der Waals surface area (Å²) in [6.07, 6.45) is 9.07. The molecule has 3 saturated heterocycles. The zero-order chi connectivity index (χ0) is 21.9. The number of para-hydroxylation sites is 1. The molecule has 2 bridgehead atoms. The van der Waals surface area contributed by atoms with E-state index in [4.69, 9.17) is 9.84 Å². The molecule has 1 aliphatic carbocycles. The lowest BCUT2D eigenvalue weighted by Gasteiger charge is -2.50. The molecule has 4 atom stereocenters. The molecule has 6 rings (SSSR count). The lowest BCUT2D eigenvalue weighted by atomic mass is 9.74. The van der Waals surface area contributed by atoms with Crippen LogP contribution in [0.25, 0.3) is 0 Å². The average molecular weight is 437 g/mol. The van der Waals surface area contributed by atoms with Crippen LogP contribution < -0.4 is 10.1 Å². The third-order valence-corrected chi connectivity index (χ3v) is 7.86. The molecule has 1 amide bonds. The highest BCUT2D eigenvalue weighted by atomic mass is 16.5. The number of carbonyl (C=O) groups excluding carboxylic acids is 1. The number of piperidine rings is 3. The second-order valence-corrected chi connectivity index (χ2v) is 9.90. The summed E-state index contributed by atoms with van der Waals surface area (Å²) < 4.78 is 7.74. The van der Waals surface area contributed by atoms with Gasteiger partial charge in [-0.25, -0.2) is 0 Å². The molecule has 0 spiro atoms. The van der Waals surface area contributed by atoms with E-state index in [1.54, 1.807) is 0 Å². The fraction of sp³-hybridized carbons (Fsp3) is 0.615. The fourth-order valence-corrected chi connectivity index (χ4v) is 6.08. The molecule has 4 fully saturated rings. The quantitative estimate of drug-likeness (QED) is 0.716. The van der Waals surface area contributed by atoms with E-state index in [9.17, 15) is 4.79 Å². The van der Waals surface area contributed by atoms with Gasteiger partial charge in [0.2, 0.25) is 0 Å². The maximum absolute atomic E-state index is 12.3. The van der Waals surface area contributed by atoms with Gasteiger partial charge in [-0.1, -0.05) is 37.5 Å². The summed E-state index contributed by atoms with van der Waals surface area (Å²) in [7, 11) is 2.13. The molecule has 4 aliphatic rings. The molecular weight excluding hydrogens is 400 g/mol. The van der Waals surface area contributed by atoms with E-state index in [1.807, 2.05) is 30.3 Å². The molecule has 6 heteroatoms. The Balaban J connectivity index is 1.15. The minimum atomic E-state index is -0.0446. The lowest BCUT2D eigenvalue weighted by molar-refractivity contribution is -0.123. The lowest BCUT2D eigenvalue weighted by Crippen LogP contribution is -2.56. The van der Waals surface area contributed by atoms with E-state index in [0.29, 0.717) is 30.3 Å². The van der Waals surface area contributed by atoms with Gasteiger partial charge in [0.1, 0.15) is 5.75 Å². The van der Waals surface area contributed by atoms with Crippen LogP contribution >= 0.6 is 0 Å². The Morgan fingerprint density at radius 2 is 1.97 bits per heavy atom. The number of hydrogen-bond donors (Lipinski definition) is 1. The molecule has 6 nitrogen and oxygen atoms in total. The Morgan fingerprint density at radius 3 is 2.72 bits per heavy atom. The van der Waals surface area contributed by atoms with Gasteiger partial charge in [0.05, 0.1) is 5.69 Å². The molecule has 1 saturated carbocycles. The molecule has 1 aromatic heterocycles. The zero-order valence-corrected chi connectivity index (χ0v) is 19.2. The van der Waals surface area contributed by atoms with Crippen LogP contribution in [0.4, 0.5) is 0 Å². The summed E-state index contributed by atoms with van der Waals surface area (Å²) in [6.45, 7) is 2.99. The van der Waals surface area contributed by atoms with E-state index in [-0.39, 0.29) is 12.5 Å². The van der Waals surface area contributed by atoms with Crippen molar-refractivity contribution in [1.82, 2.24) is 20.0 Å². The third kappa shape index (κ3) is 4.70. The highest BCUT2D eigenvalue weighted by Gasteiger charge is 2.42. The first kappa shape index (κ1) is 21.5. The summed E-state index contributed by atoms with van der Waals surface area (Å²) in [5, 5.41) is 8.04. The molecule has 4 heterocycles. The van der Waals surface area contributed by atoms with Crippen molar-refractivity contribution in [1.29, 1.82) is 0 Å². The van der Waals surface area contributed by atoms with E-state index in [2.05, 4.69) is 28.0 Å². The molecular formula is C26H36N4O2. The highest BCUT2D eigenvalue weighted by Crippen LogP contribution is 2.42. The Hall–Kier alpha value is -2.34. The third-order valence-electron chi connectivity index (χ3n) is 7.86. The number of aryl methyl sites for hydroxylation is 1. The Morgan fingerprint density at radius 1 is 1.16 bits per heavy atom. The average Bonchev–Trinajstić information content (AvgIpc) is 3.24. The van der Waals surface area contributed by atoms with Gasteiger partial charge in [0.25, 0.3) is 5.91 Å². The molecule has 1 aromatic carbocycles. The van der Waals surface area contributed by atoms with Crippen molar-refractivity contribution in [2.75, 3.05) is 26.2 Å². The smallest absolute Gasteiger partial charge is 0.257 e. The predicted molar refractivity (Wildman–Crippen MR) is 125 cm³/mol. The minimum absolute atomic E-state index is 0.0446. The zero-order valence-electron chi connectivity index (χ0n) is 19.2. The van der Waals surface area contributed by atoms with Crippen LogP contribution in [0, 0.1) is 5.92 Å². The minimum Gasteiger partial charge on any atom is -0.484 e. The van der Waals surface area contributed by atoms with Gasteiger partial charge in [0, 0.05) is 43.7 Å². The van der Waals surface area contributed by atoms with Crippen molar-refractivity contribution in [2.45, 2.75) is 62.8 Å². The van der Waals surface area contributed by atoms with Gasteiger partial charge in [0.15, 0.2) is 6.61 Å². The van der Waals surface area contributed by atoms with Crippen molar-refractivity contribution in [3.8, 4) is 5.75 Å². The van der Waals surface area contributed by atoms with Crippen LogP contribution in [0.1, 0.15) is 68.2 Å². The van der Waals surface area contributed by atoms with Gasteiger partial charge >= 0.3 is 0 Å². The van der Waals surface area contributed by atoms with Crippen molar-refractivity contribution in [3.63, 3.8) is 0 Å². The van der Waals surface area contributed by atoms with Crippen molar-refractivity contribution in [2.24, 2.45) is 13.0 Å². The first-order valence-corrected chi connectivity index (χ1v) is 12.4. The Kier molecular flexibility index (Phi) is 6.49. The number of nitrogens with one attached hydrogen (secondary N) is 1. The summed E-state index contributed by atoms with van der Waals surface area (Å²) in [5.41, 5.74) is 2.74. The van der Waals surface area contributed by atoms with E-state index < -0.39 is 0 Å². The largest absolute Gasteiger partial charge is 0.484 e. The molecule has 32 heavy (non-hydrogen) atoms. The molecule has 0 radical (unpaired) electrons. The number of nitrogens with zero attached hydrogens (tertiary/aromatic N) is 3. The number of carbonyl (C=O) groups is 1. The molecule has 3 aliphatic heterocycles. The number of benzene rings is 1. The van der Waals surface area contributed by atoms with Crippen molar-refractivity contribution in [3.05, 3.63) is 47.8 Å². The summed E-state index contributed by atoms with van der Waals surface area (Å²) in [6, 6.07) is 12.4. The number of aromatic nitrogens is 2. The highest BCUT2D eigenvalue weighted by molar-refractivity contribution is 5.77. The number of fused-ring (bicyclic) bond motifs is 3. The van der Waals surface area contributed by atoms with Crippen molar-refractivity contribution >= 4 is 5.91 Å². The monoisotopic (exact) mass is 436 g/mol. The summed E-state index contributed by atoms with van der Waals surface area (Å²) in [4.78, 5) is 14.9. The summed E-state index contributed by atoms with van der Waals surface area (Å²) >= 11 is 0. The van der Waals surface area contributed by atoms with Crippen LogP contribution in [0.2, 0.25) is 0 Å². The van der Waals surface area contributed by atoms with Crippen molar-refractivity contribution < 1.29 is 9.53 Å². The number of ether oxygens (including phenoxy) is 1. The normalized spacial score (nSPS) is 27.9. The SMILES string of the molecule is Cn1nc(C2CCCCC2)cc1[C@H]1CN2CC[C@H]1C[C@@H]2CNC(=O)COc1ccccc1. The Labute approximate surface area is 191 Å². The number of rotatable bonds is 7. The standard InChI is InChI=1S/C26H36N4O2/c1-29-25(15-24(28-29)19-8-4-2-5-9-19)23-17-30-13-12-20(23)14-21(30)16-27-26(31)18-32-22-10-6-3-7-11-22/h3,6-7,10-11,15,19-21,23H,2,4-5,8-9,12-14,16-18H2,1H3,(H,27,31)/t20-,21+,23-/m0/s1. The topological polar surface area (TPSA) is 59.4 Å². The second kappa shape index (κ2) is 9.65. The van der Waals surface area contributed by atoms with Crippen LogP contribution in [-0.2, 0) is 11.8 Å². The maximum atomic E-state index is 12.3. The van der Waals surface area contributed by atoms with Gasteiger partial charge < -0.3 is 10.1 Å². The number of hydrogen-bond acceptors (Lipinski definition) is 4. The fourth-order valence-electron chi connectivity index (χ4n) is 6.08. The van der Waals surface area contributed by atoms with E-state index >= 15 is 0 Å². The van der Waals surface area contributed by atoms with Gasteiger partial charge in [-0.15, -0.1) is 0 Å². The van der Waals surface area contributed by atoms with Gasteiger partial charge in [-0.3, -0.25) is 14.4 Å². The predicted octanol–water partition coefficient (Wildman–Crippen LogP) is 3.84. The van der Waals surface area contributed by atoms with E-state index in [0.717, 1.165) is 25.3 Å². The van der Waals surface area contributed by atoms with E-state index in [1.165, 1.54) is 49.9 Å². The van der Waals surface area contributed by atoms with Crippen LogP contribution in [-0.4, -0.2) is 52.9 Å². The van der Waals surface area contributed by atoms with Gasteiger partial charge in [-0.05, 0) is 56.3 Å². The van der Waals surface area contributed by atoms with Gasteiger partial charge in [-0.2, -0.15) is 5.10 Å². The maximum Gasteiger partial charge on any atom is 0.257 e. The van der Waals surface area contributed by atoms with Crippen LogP contribution in [0.5, 0.6) is 5.75 Å². The van der Waals surface area contributed by atoms with Crippen LogP contribution in [0.15, 0.2) is 36.4 Å². The first-order chi connectivity index (χ1) is 15.7. The second-order valence-electron chi connectivity index (χ2n) is 9.90. The number of amides is 1. The molecule has 1 N–H and O–H groups in total. The summed E-state index contributed by atoms with van der Waals surface area (Å²) in [5.74, 6) is 2.58. The van der Waals surface area contributed by atoms with Crippen LogP contribution in [0.3, 0.4) is 0 Å². The molecule has 2 aromatic rings.